The lowest BCUT2D eigenvalue weighted by Gasteiger charge is -2.34. The molecule has 0 aromatic carbocycles. The Bertz CT molecular complexity index is 584. The highest BCUT2D eigenvalue weighted by Gasteiger charge is 2.24. The number of anilines is 1. The molecule has 0 unspecified atom stereocenters. The van der Waals surface area contributed by atoms with E-state index in [1.807, 2.05) is 12.3 Å². The molecule has 0 aliphatic carbocycles. The summed E-state index contributed by atoms with van der Waals surface area (Å²) < 4.78 is 0. The lowest BCUT2D eigenvalue weighted by atomic mass is 9.98. The fraction of sp³-hybridized carbons (Fsp3) is 0.467. The molecule has 3 nitrogen and oxygen atoms in total. The summed E-state index contributed by atoms with van der Waals surface area (Å²) >= 11 is 8.06. The number of hydrogen-bond donors (Lipinski definition) is 0. The Kier molecular flexibility index (Phi) is 4.22. The highest BCUT2D eigenvalue weighted by Crippen LogP contribution is 2.34. The minimum atomic E-state index is 0.526. The van der Waals surface area contributed by atoms with E-state index in [-0.39, 0.29) is 0 Å². The predicted octanol–water partition coefficient (Wildman–Crippen LogP) is 4.14. The third kappa shape index (κ3) is 2.81. The monoisotopic (exact) mass is 307 g/mol. The van der Waals surface area contributed by atoms with Crippen LogP contribution in [0.4, 0.5) is 5.69 Å². The maximum Gasteiger partial charge on any atom is 0.0976 e. The lowest BCUT2D eigenvalue weighted by molar-refractivity contribution is 0.508. The molecule has 106 valence electrons. The number of aryl methyl sites for hydroxylation is 1. The molecule has 1 saturated heterocycles. The second-order valence-electron chi connectivity index (χ2n) is 5.14. The molecule has 5 heteroatoms. The zero-order chi connectivity index (χ0) is 13.9. The average molecular weight is 308 g/mol. The first kappa shape index (κ1) is 13.8. The van der Waals surface area contributed by atoms with Crippen LogP contribution in [0.3, 0.4) is 0 Å². The smallest absolute Gasteiger partial charge is 0.0976 e. The Labute approximate surface area is 128 Å². The Morgan fingerprint density at radius 3 is 3.15 bits per heavy atom. The molecule has 0 amide bonds. The van der Waals surface area contributed by atoms with Crippen molar-refractivity contribution >= 4 is 28.6 Å². The van der Waals surface area contributed by atoms with Gasteiger partial charge in [-0.3, -0.25) is 4.98 Å². The number of nitrogens with zero attached hydrogens (tertiary/aromatic N) is 3. The summed E-state index contributed by atoms with van der Waals surface area (Å²) in [5.41, 5.74) is 2.31. The van der Waals surface area contributed by atoms with Crippen molar-refractivity contribution < 1.29 is 0 Å². The second-order valence-corrected chi connectivity index (χ2v) is 6.44. The number of rotatable bonds is 3. The summed E-state index contributed by atoms with van der Waals surface area (Å²) in [5.74, 6) is 0.526. The molecular weight excluding hydrogens is 290 g/mol. The second kappa shape index (κ2) is 6.10. The van der Waals surface area contributed by atoms with Gasteiger partial charge in [0.2, 0.25) is 0 Å². The quantitative estimate of drug-likeness (QED) is 0.853. The Balaban J connectivity index is 1.78. The van der Waals surface area contributed by atoms with E-state index in [1.54, 1.807) is 17.5 Å². The van der Waals surface area contributed by atoms with Gasteiger partial charge in [0, 0.05) is 36.8 Å². The maximum atomic E-state index is 6.26. The standard InChI is InChI=1S/C15H18ClN3S/c1-2-12-10-20-15(18-12)11-4-3-7-19(9-11)14-5-6-17-8-13(14)16/h5-6,8,10-11H,2-4,7,9H2,1H3/t11-/m1/s1. The van der Waals surface area contributed by atoms with E-state index in [2.05, 4.69) is 22.2 Å². The van der Waals surface area contributed by atoms with E-state index in [1.165, 1.54) is 23.5 Å². The third-order valence-electron chi connectivity index (χ3n) is 3.79. The zero-order valence-corrected chi connectivity index (χ0v) is 13.1. The number of aromatic nitrogens is 2. The third-order valence-corrected chi connectivity index (χ3v) is 5.14. The maximum absolute atomic E-state index is 6.26. The van der Waals surface area contributed by atoms with Crippen LogP contribution in [-0.4, -0.2) is 23.1 Å². The van der Waals surface area contributed by atoms with Crippen molar-refractivity contribution in [3.05, 3.63) is 39.6 Å². The number of pyridine rings is 1. The molecule has 0 N–H and O–H groups in total. The Hall–Kier alpha value is -1.13. The fourth-order valence-corrected chi connectivity index (χ4v) is 3.96. The van der Waals surface area contributed by atoms with Crippen molar-refractivity contribution in [2.45, 2.75) is 32.1 Å². The first-order valence-corrected chi connectivity index (χ1v) is 8.32. The topological polar surface area (TPSA) is 29.0 Å². The molecule has 0 saturated carbocycles. The van der Waals surface area contributed by atoms with Crippen LogP contribution in [-0.2, 0) is 6.42 Å². The number of piperidine rings is 1. The molecule has 3 rings (SSSR count). The van der Waals surface area contributed by atoms with Gasteiger partial charge in [0.25, 0.3) is 0 Å². The van der Waals surface area contributed by atoms with Crippen molar-refractivity contribution in [3.63, 3.8) is 0 Å². The van der Waals surface area contributed by atoms with Crippen LogP contribution >= 0.6 is 22.9 Å². The minimum absolute atomic E-state index is 0.526. The van der Waals surface area contributed by atoms with Gasteiger partial charge >= 0.3 is 0 Å². The van der Waals surface area contributed by atoms with Crippen LogP contribution in [0.5, 0.6) is 0 Å². The predicted molar refractivity (Wildman–Crippen MR) is 84.9 cm³/mol. The number of hydrogen-bond acceptors (Lipinski definition) is 4. The van der Waals surface area contributed by atoms with E-state index in [0.29, 0.717) is 5.92 Å². The van der Waals surface area contributed by atoms with Crippen molar-refractivity contribution in [2.75, 3.05) is 18.0 Å². The van der Waals surface area contributed by atoms with Crippen molar-refractivity contribution in [1.82, 2.24) is 9.97 Å². The summed E-state index contributed by atoms with van der Waals surface area (Å²) in [6.45, 7) is 4.22. The summed E-state index contributed by atoms with van der Waals surface area (Å²) in [6, 6.07) is 2.00. The van der Waals surface area contributed by atoms with Crippen molar-refractivity contribution in [1.29, 1.82) is 0 Å². The van der Waals surface area contributed by atoms with Gasteiger partial charge in [0.15, 0.2) is 0 Å². The van der Waals surface area contributed by atoms with Gasteiger partial charge in [-0.25, -0.2) is 4.98 Å². The van der Waals surface area contributed by atoms with Crippen molar-refractivity contribution in [2.24, 2.45) is 0 Å². The van der Waals surface area contributed by atoms with Crippen LogP contribution in [0.15, 0.2) is 23.8 Å². The number of thiazole rings is 1. The molecule has 0 spiro atoms. The van der Waals surface area contributed by atoms with Gasteiger partial charge in [0.05, 0.1) is 21.4 Å². The van der Waals surface area contributed by atoms with Crippen LogP contribution in [0, 0.1) is 0 Å². The van der Waals surface area contributed by atoms with E-state index < -0.39 is 0 Å². The van der Waals surface area contributed by atoms with Gasteiger partial charge in [-0.05, 0) is 25.3 Å². The van der Waals surface area contributed by atoms with Crippen LogP contribution < -0.4 is 4.90 Å². The average Bonchev–Trinajstić information content (AvgIpc) is 2.97. The highest BCUT2D eigenvalue weighted by molar-refractivity contribution is 7.09. The molecule has 1 aliphatic rings. The normalized spacial score (nSPS) is 19.3. The molecule has 2 aromatic rings. The Morgan fingerprint density at radius 1 is 1.50 bits per heavy atom. The highest BCUT2D eigenvalue weighted by atomic mass is 35.5. The largest absolute Gasteiger partial charge is 0.370 e. The zero-order valence-electron chi connectivity index (χ0n) is 11.6. The van der Waals surface area contributed by atoms with E-state index in [9.17, 15) is 0 Å². The SMILES string of the molecule is CCc1csc([C@@H]2CCCN(c3ccncc3Cl)C2)n1. The number of halogens is 1. The molecule has 0 radical (unpaired) electrons. The van der Waals surface area contributed by atoms with E-state index in [4.69, 9.17) is 16.6 Å². The summed E-state index contributed by atoms with van der Waals surface area (Å²) in [6.07, 6.45) is 6.95. The van der Waals surface area contributed by atoms with E-state index >= 15 is 0 Å². The summed E-state index contributed by atoms with van der Waals surface area (Å²) in [7, 11) is 0. The summed E-state index contributed by atoms with van der Waals surface area (Å²) in [5, 5.41) is 4.20. The lowest BCUT2D eigenvalue weighted by Crippen LogP contribution is -2.34. The first-order valence-electron chi connectivity index (χ1n) is 7.06. The van der Waals surface area contributed by atoms with Gasteiger partial charge in [0.1, 0.15) is 0 Å². The molecule has 1 atom stereocenters. The molecule has 3 heterocycles. The fourth-order valence-electron chi connectivity index (χ4n) is 2.69. The van der Waals surface area contributed by atoms with Crippen LogP contribution in [0.1, 0.15) is 36.4 Å². The van der Waals surface area contributed by atoms with Gasteiger partial charge in [-0.2, -0.15) is 0 Å². The van der Waals surface area contributed by atoms with Gasteiger partial charge in [-0.1, -0.05) is 18.5 Å². The molecule has 1 fully saturated rings. The molecular formula is C15H18ClN3S. The molecule has 0 bridgehead atoms. The van der Waals surface area contributed by atoms with Gasteiger partial charge < -0.3 is 4.90 Å². The van der Waals surface area contributed by atoms with Crippen LogP contribution in [0.2, 0.25) is 5.02 Å². The van der Waals surface area contributed by atoms with E-state index in [0.717, 1.165) is 30.2 Å². The van der Waals surface area contributed by atoms with Crippen molar-refractivity contribution in [3.8, 4) is 0 Å². The molecule has 2 aromatic heterocycles. The first-order chi connectivity index (χ1) is 9.78. The van der Waals surface area contributed by atoms with Gasteiger partial charge in [-0.15, -0.1) is 11.3 Å². The molecule has 20 heavy (non-hydrogen) atoms. The van der Waals surface area contributed by atoms with Crippen LogP contribution in [0.25, 0.3) is 0 Å². The Morgan fingerprint density at radius 2 is 2.40 bits per heavy atom. The minimum Gasteiger partial charge on any atom is -0.370 e. The molecule has 1 aliphatic heterocycles. The summed E-state index contributed by atoms with van der Waals surface area (Å²) in [4.78, 5) is 11.2.